The van der Waals surface area contributed by atoms with Crippen molar-refractivity contribution in [1.29, 1.82) is 0 Å². The lowest BCUT2D eigenvalue weighted by atomic mass is 9.87. The molecular weight excluding hydrogens is 574 g/mol. The summed E-state index contributed by atoms with van der Waals surface area (Å²) in [4.78, 5) is 14.4. The van der Waals surface area contributed by atoms with Crippen LogP contribution in [-0.2, 0) is 18.8 Å². The van der Waals surface area contributed by atoms with E-state index in [1.54, 1.807) is 7.11 Å². The standard InChI is InChI=1S/C27H51Cl2N6O4P/c1-7-25(36)31-22-13-21(18(28)12-23(22)39-17(16-38-4)15-35(2)3)33-27-30-14-19(29)26(34-27)32-20-10-8-9-11-24(20)40(5,6)37/h7,17-24,26-27,30,32-34H,1,8-16H2,2-6H3,(H,31,36). The number of nitrogens with one attached hydrogen (secondary N) is 5. The Morgan fingerprint density at radius 2 is 1.85 bits per heavy atom. The molecule has 1 heterocycles. The number of amides is 1. The summed E-state index contributed by atoms with van der Waals surface area (Å²) in [5, 5.41) is 17.0. The second kappa shape index (κ2) is 16.0. The van der Waals surface area contributed by atoms with Crippen molar-refractivity contribution in [2.75, 3.05) is 54.2 Å². The van der Waals surface area contributed by atoms with Gasteiger partial charge in [0.05, 0.1) is 48.9 Å². The topological polar surface area (TPSA) is 116 Å². The number of halogens is 2. The first kappa shape index (κ1) is 34.2. The van der Waals surface area contributed by atoms with E-state index in [1.807, 2.05) is 27.4 Å². The second-order valence-corrected chi connectivity index (χ2v) is 16.8. The van der Waals surface area contributed by atoms with Crippen LogP contribution in [0.5, 0.6) is 0 Å². The lowest BCUT2D eigenvalue weighted by Gasteiger charge is -2.45. The van der Waals surface area contributed by atoms with Crippen LogP contribution in [0.4, 0.5) is 0 Å². The Balaban J connectivity index is 1.65. The van der Waals surface area contributed by atoms with Gasteiger partial charge in [0.2, 0.25) is 5.91 Å². The minimum atomic E-state index is -2.23. The van der Waals surface area contributed by atoms with E-state index in [0.717, 1.165) is 25.7 Å². The summed E-state index contributed by atoms with van der Waals surface area (Å²) in [7, 11) is 3.40. The van der Waals surface area contributed by atoms with Crippen molar-refractivity contribution in [3.8, 4) is 0 Å². The Kier molecular flexibility index (Phi) is 13.7. The van der Waals surface area contributed by atoms with E-state index in [2.05, 4.69) is 38.1 Å². The molecule has 1 saturated heterocycles. The highest BCUT2D eigenvalue weighted by atomic mass is 35.5. The van der Waals surface area contributed by atoms with E-state index < -0.39 is 7.14 Å². The van der Waals surface area contributed by atoms with Gasteiger partial charge >= 0.3 is 0 Å². The van der Waals surface area contributed by atoms with Gasteiger partial charge in [-0.3, -0.25) is 26.1 Å². The van der Waals surface area contributed by atoms with Crippen LogP contribution < -0.4 is 26.6 Å². The zero-order valence-corrected chi connectivity index (χ0v) is 27.1. The third kappa shape index (κ3) is 10.2. The first-order valence-corrected chi connectivity index (χ1v) is 18.0. The molecule has 40 heavy (non-hydrogen) atoms. The lowest BCUT2D eigenvalue weighted by molar-refractivity contribution is -0.121. The summed E-state index contributed by atoms with van der Waals surface area (Å²) in [5.41, 5.74) is 0.166. The highest BCUT2D eigenvalue weighted by Crippen LogP contribution is 2.49. The van der Waals surface area contributed by atoms with Crippen LogP contribution in [0.2, 0.25) is 0 Å². The Hall–Kier alpha value is -0.260. The van der Waals surface area contributed by atoms with Crippen LogP contribution in [0.3, 0.4) is 0 Å². The van der Waals surface area contributed by atoms with E-state index in [4.69, 9.17) is 32.7 Å². The summed E-state index contributed by atoms with van der Waals surface area (Å²) in [6, 6.07) is -0.178. The van der Waals surface area contributed by atoms with Gasteiger partial charge in [-0.15, -0.1) is 23.2 Å². The number of nitrogens with zero attached hydrogens (tertiary/aromatic N) is 1. The summed E-state index contributed by atoms with van der Waals surface area (Å²) >= 11 is 13.7. The van der Waals surface area contributed by atoms with Gasteiger partial charge in [-0.1, -0.05) is 19.4 Å². The van der Waals surface area contributed by atoms with Gasteiger partial charge in [-0.2, -0.15) is 0 Å². The van der Waals surface area contributed by atoms with Gasteiger partial charge in [-0.25, -0.2) is 0 Å². The van der Waals surface area contributed by atoms with Crippen LogP contribution >= 0.6 is 30.3 Å². The van der Waals surface area contributed by atoms with Gasteiger partial charge < -0.3 is 24.3 Å². The lowest BCUT2D eigenvalue weighted by Crippen LogP contribution is -2.72. The molecule has 3 rings (SSSR count). The molecule has 232 valence electrons. The van der Waals surface area contributed by atoms with Crippen molar-refractivity contribution in [1.82, 2.24) is 31.5 Å². The summed E-state index contributed by atoms with van der Waals surface area (Å²) in [5.74, 6) is -0.240. The SMILES string of the molecule is C=CC(=O)NC1CC(NC2NCC(Cl)C(NC3CCCCC3P(C)(C)=O)N2)C(Cl)CC1OC(COC)CN(C)C. The number of methoxy groups -OCH3 is 1. The molecule has 13 heteroatoms. The van der Waals surface area contributed by atoms with E-state index >= 15 is 0 Å². The molecule has 0 aromatic heterocycles. The average molecular weight is 626 g/mol. The van der Waals surface area contributed by atoms with Gasteiger partial charge in [0, 0.05) is 37.9 Å². The van der Waals surface area contributed by atoms with Gasteiger partial charge in [-0.05, 0) is 59.2 Å². The van der Waals surface area contributed by atoms with Crippen LogP contribution in [0, 0.1) is 0 Å². The molecule has 5 N–H and O–H groups in total. The van der Waals surface area contributed by atoms with Crippen LogP contribution in [0.15, 0.2) is 12.7 Å². The molecule has 0 aromatic carbocycles. The fourth-order valence-electron chi connectivity index (χ4n) is 6.26. The number of carbonyl (C=O) groups is 1. The Morgan fingerprint density at radius 1 is 1.12 bits per heavy atom. The minimum absolute atomic E-state index is 0.0992. The largest absolute Gasteiger partial charge is 0.382 e. The van der Waals surface area contributed by atoms with Crippen LogP contribution in [0.1, 0.15) is 38.5 Å². The van der Waals surface area contributed by atoms with Crippen molar-refractivity contribution in [2.24, 2.45) is 0 Å². The monoisotopic (exact) mass is 624 g/mol. The first-order valence-electron chi connectivity index (χ1n) is 14.5. The van der Waals surface area contributed by atoms with E-state index in [1.165, 1.54) is 6.08 Å². The fourth-order valence-corrected chi connectivity index (χ4v) is 8.75. The number of carbonyl (C=O) groups excluding carboxylic acids is 1. The number of hydrogen-bond acceptors (Lipinski definition) is 9. The molecule has 2 saturated carbocycles. The molecule has 1 aliphatic heterocycles. The van der Waals surface area contributed by atoms with E-state index in [-0.39, 0.29) is 65.1 Å². The highest BCUT2D eigenvalue weighted by molar-refractivity contribution is 7.63. The maximum atomic E-state index is 13.0. The highest BCUT2D eigenvalue weighted by Gasteiger charge is 2.42. The summed E-state index contributed by atoms with van der Waals surface area (Å²) < 4.78 is 24.8. The maximum absolute atomic E-state index is 13.0. The van der Waals surface area contributed by atoms with Gasteiger partial charge in [0.15, 0.2) is 0 Å². The Morgan fingerprint density at radius 3 is 2.50 bits per heavy atom. The molecule has 2 aliphatic carbocycles. The molecule has 1 amide bonds. The molecule has 0 aromatic rings. The van der Waals surface area contributed by atoms with Gasteiger partial charge in [0.1, 0.15) is 6.29 Å². The Labute approximate surface area is 250 Å². The molecule has 0 bridgehead atoms. The van der Waals surface area contributed by atoms with Crippen LogP contribution in [-0.4, -0.2) is 124 Å². The summed E-state index contributed by atoms with van der Waals surface area (Å²) in [6.07, 6.45) is 5.86. The first-order chi connectivity index (χ1) is 18.9. The normalized spacial score (nSPS) is 36.2. The van der Waals surface area contributed by atoms with Crippen molar-refractivity contribution < 1.29 is 18.8 Å². The van der Waals surface area contributed by atoms with Gasteiger partial charge in [0.25, 0.3) is 0 Å². The molecule has 0 radical (unpaired) electrons. The predicted molar refractivity (Wildman–Crippen MR) is 164 cm³/mol. The molecule has 0 spiro atoms. The smallest absolute Gasteiger partial charge is 0.243 e. The summed E-state index contributed by atoms with van der Waals surface area (Å²) in [6.45, 7) is 9.15. The fraction of sp³-hybridized carbons (Fsp3) is 0.889. The molecule has 10 unspecified atom stereocenters. The molecule has 3 aliphatic rings. The van der Waals surface area contributed by atoms with E-state index in [0.29, 0.717) is 32.5 Å². The molecular formula is C27H51Cl2N6O4P. The second-order valence-electron chi connectivity index (χ2n) is 12.2. The number of rotatable bonds is 13. The number of likely N-dealkylation sites (N-methyl/N-ethyl adjacent to an activating group) is 1. The maximum Gasteiger partial charge on any atom is 0.243 e. The van der Waals surface area contributed by atoms with Crippen molar-refractivity contribution in [3.63, 3.8) is 0 Å². The molecule has 10 atom stereocenters. The van der Waals surface area contributed by atoms with E-state index in [9.17, 15) is 9.36 Å². The van der Waals surface area contributed by atoms with Crippen LogP contribution in [0.25, 0.3) is 0 Å². The average Bonchev–Trinajstić information content (AvgIpc) is 2.88. The zero-order chi connectivity index (χ0) is 29.4. The van der Waals surface area contributed by atoms with Crippen molar-refractivity contribution in [3.05, 3.63) is 12.7 Å². The van der Waals surface area contributed by atoms with Crippen molar-refractivity contribution >= 4 is 36.3 Å². The van der Waals surface area contributed by atoms with Crippen molar-refractivity contribution in [2.45, 2.75) is 97.7 Å². The molecule has 10 nitrogen and oxygen atoms in total. The third-order valence-corrected chi connectivity index (χ3v) is 11.3. The number of hydrogen-bond donors (Lipinski definition) is 5. The molecule has 3 fully saturated rings. The third-order valence-electron chi connectivity index (χ3n) is 8.18. The Bertz CT molecular complexity index is 867. The number of ether oxygens (including phenoxy) is 2. The minimum Gasteiger partial charge on any atom is -0.382 e. The number of alkyl halides is 2. The zero-order valence-electron chi connectivity index (χ0n) is 24.7. The quantitative estimate of drug-likeness (QED) is 0.119. The predicted octanol–water partition coefficient (Wildman–Crippen LogP) is 1.91.